The van der Waals surface area contributed by atoms with Gasteiger partial charge in [0.1, 0.15) is 17.2 Å². The van der Waals surface area contributed by atoms with Gasteiger partial charge in [0.15, 0.2) is 0 Å². The molecule has 6 nitrogen and oxygen atoms in total. The first-order chi connectivity index (χ1) is 14.0. The van der Waals surface area contributed by atoms with E-state index in [1.807, 2.05) is 0 Å². The van der Waals surface area contributed by atoms with Crippen molar-refractivity contribution in [3.05, 3.63) is 65.9 Å². The van der Waals surface area contributed by atoms with Crippen molar-refractivity contribution in [1.29, 1.82) is 0 Å². The summed E-state index contributed by atoms with van der Waals surface area (Å²) in [6, 6.07) is 10.2. The highest BCUT2D eigenvalue weighted by atomic mass is 32.2. The van der Waals surface area contributed by atoms with Gasteiger partial charge in [-0.25, -0.2) is 17.2 Å². The normalized spacial score (nSPS) is 15.5. The molecule has 3 aromatic rings. The number of anilines is 1. The van der Waals surface area contributed by atoms with Gasteiger partial charge in [0.05, 0.1) is 23.5 Å². The Morgan fingerprint density at radius 1 is 1.00 bits per heavy atom. The van der Waals surface area contributed by atoms with Gasteiger partial charge in [-0.2, -0.15) is 4.31 Å². The third-order valence-electron chi connectivity index (χ3n) is 4.81. The van der Waals surface area contributed by atoms with Gasteiger partial charge in [0.25, 0.3) is 0 Å². The minimum absolute atomic E-state index is 0.0399. The summed E-state index contributed by atoms with van der Waals surface area (Å²) in [6.07, 6.45) is 1.41. The molecule has 0 radical (unpaired) electrons. The van der Waals surface area contributed by atoms with E-state index in [4.69, 9.17) is 4.74 Å². The van der Waals surface area contributed by atoms with Crippen LogP contribution in [0.15, 0.2) is 53.6 Å². The lowest BCUT2D eigenvalue weighted by atomic mass is 10.1. The molecule has 152 valence electrons. The maximum atomic E-state index is 14.2. The molecule has 4 rings (SSSR count). The van der Waals surface area contributed by atoms with E-state index in [1.165, 1.54) is 10.5 Å². The molecule has 0 spiro atoms. The number of pyridine rings is 1. The Morgan fingerprint density at radius 3 is 2.41 bits per heavy atom. The predicted octanol–water partition coefficient (Wildman–Crippen LogP) is 3.15. The summed E-state index contributed by atoms with van der Waals surface area (Å²) in [5, 5.41) is 3.15. The number of nitrogens with one attached hydrogen (secondary N) is 1. The van der Waals surface area contributed by atoms with Crippen LogP contribution in [0, 0.1) is 11.6 Å². The van der Waals surface area contributed by atoms with Gasteiger partial charge >= 0.3 is 0 Å². The number of halogens is 2. The van der Waals surface area contributed by atoms with Gasteiger partial charge in [-0.3, -0.25) is 4.98 Å². The van der Waals surface area contributed by atoms with Gasteiger partial charge < -0.3 is 10.1 Å². The number of nitrogens with zero attached hydrogens (tertiary/aromatic N) is 2. The number of aromatic nitrogens is 1. The second-order valence-electron chi connectivity index (χ2n) is 6.63. The largest absolute Gasteiger partial charge is 0.380 e. The fraction of sp³-hybridized carbons (Fsp3) is 0.250. The number of hydrogen-bond acceptors (Lipinski definition) is 5. The van der Waals surface area contributed by atoms with Gasteiger partial charge in [-0.1, -0.05) is 12.1 Å². The van der Waals surface area contributed by atoms with Crippen molar-refractivity contribution in [3.8, 4) is 0 Å². The van der Waals surface area contributed by atoms with E-state index in [2.05, 4.69) is 10.3 Å². The molecule has 1 saturated heterocycles. The van der Waals surface area contributed by atoms with E-state index in [-0.39, 0.29) is 15.8 Å². The zero-order valence-electron chi connectivity index (χ0n) is 15.4. The van der Waals surface area contributed by atoms with Crippen molar-refractivity contribution in [3.63, 3.8) is 0 Å². The molecule has 1 aliphatic heterocycles. The van der Waals surface area contributed by atoms with E-state index >= 15 is 0 Å². The van der Waals surface area contributed by atoms with Gasteiger partial charge in [0.2, 0.25) is 10.0 Å². The van der Waals surface area contributed by atoms with E-state index < -0.39 is 21.7 Å². The number of rotatable bonds is 5. The summed E-state index contributed by atoms with van der Waals surface area (Å²) in [4.78, 5) is 4.12. The number of ether oxygens (including phenoxy) is 1. The molecular formula is C20H19F2N3O3S. The highest BCUT2D eigenvalue weighted by Gasteiger charge is 2.26. The highest BCUT2D eigenvalue weighted by Crippen LogP contribution is 2.27. The van der Waals surface area contributed by atoms with E-state index in [1.54, 1.807) is 30.3 Å². The monoisotopic (exact) mass is 419 g/mol. The Bertz CT molecular complexity index is 1130. The van der Waals surface area contributed by atoms with Crippen LogP contribution in [0.2, 0.25) is 0 Å². The van der Waals surface area contributed by atoms with Crippen LogP contribution in [0.4, 0.5) is 14.5 Å². The molecule has 0 atom stereocenters. The van der Waals surface area contributed by atoms with E-state index in [0.717, 1.165) is 17.7 Å². The third kappa shape index (κ3) is 3.93. The van der Waals surface area contributed by atoms with Crippen molar-refractivity contribution >= 4 is 26.6 Å². The molecule has 0 unspecified atom stereocenters. The van der Waals surface area contributed by atoms with Gasteiger partial charge in [0, 0.05) is 31.5 Å². The summed E-state index contributed by atoms with van der Waals surface area (Å²) < 4.78 is 60.0. The number of benzene rings is 2. The van der Waals surface area contributed by atoms with Gasteiger partial charge in [-0.05, 0) is 35.9 Å². The maximum absolute atomic E-state index is 14.2. The first kappa shape index (κ1) is 19.7. The smallest absolute Gasteiger partial charge is 0.243 e. The molecule has 0 bridgehead atoms. The fourth-order valence-corrected chi connectivity index (χ4v) is 4.66. The standard InChI is InChI=1S/C20H19F2N3O3S/c21-16-5-6-17(22)20-19(16)18(7-8-23-20)24-13-14-1-3-15(4-2-14)29(26,27)25-9-11-28-12-10-25/h1-8H,9-13H2,(H,23,24). The zero-order valence-corrected chi connectivity index (χ0v) is 16.3. The Hall–Kier alpha value is -2.62. The van der Waals surface area contributed by atoms with Crippen molar-refractivity contribution in [2.24, 2.45) is 0 Å². The lowest BCUT2D eigenvalue weighted by Gasteiger charge is -2.26. The minimum atomic E-state index is -3.55. The first-order valence-corrected chi connectivity index (χ1v) is 10.5. The Morgan fingerprint density at radius 2 is 1.69 bits per heavy atom. The highest BCUT2D eigenvalue weighted by molar-refractivity contribution is 7.89. The summed E-state index contributed by atoms with van der Waals surface area (Å²) in [7, 11) is -3.55. The average molecular weight is 419 g/mol. The molecule has 9 heteroatoms. The molecular weight excluding hydrogens is 400 g/mol. The molecule has 0 aliphatic carbocycles. The average Bonchev–Trinajstić information content (AvgIpc) is 2.76. The van der Waals surface area contributed by atoms with Crippen LogP contribution < -0.4 is 5.32 Å². The van der Waals surface area contributed by atoms with Crippen LogP contribution in [-0.4, -0.2) is 44.0 Å². The zero-order chi connectivity index (χ0) is 20.4. The number of hydrogen-bond donors (Lipinski definition) is 1. The molecule has 1 fully saturated rings. The molecule has 0 saturated carbocycles. The summed E-state index contributed by atoms with van der Waals surface area (Å²) in [5.41, 5.74) is 1.17. The molecule has 1 N–H and O–H groups in total. The topological polar surface area (TPSA) is 71.5 Å². The molecule has 2 aromatic carbocycles. The second kappa shape index (κ2) is 8.02. The van der Waals surface area contributed by atoms with Crippen molar-refractivity contribution < 1.29 is 21.9 Å². The molecule has 29 heavy (non-hydrogen) atoms. The summed E-state index contributed by atoms with van der Waals surface area (Å²) >= 11 is 0. The molecule has 0 amide bonds. The Balaban J connectivity index is 1.52. The summed E-state index contributed by atoms with van der Waals surface area (Å²) in [5.74, 6) is -1.16. The van der Waals surface area contributed by atoms with Crippen LogP contribution in [-0.2, 0) is 21.3 Å². The van der Waals surface area contributed by atoms with Crippen molar-refractivity contribution in [1.82, 2.24) is 9.29 Å². The van der Waals surface area contributed by atoms with Crippen molar-refractivity contribution in [2.75, 3.05) is 31.6 Å². The quantitative estimate of drug-likeness (QED) is 0.688. The Kier molecular flexibility index (Phi) is 5.44. The minimum Gasteiger partial charge on any atom is -0.380 e. The van der Waals surface area contributed by atoms with E-state index in [0.29, 0.717) is 38.5 Å². The van der Waals surface area contributed by atoms with Crippen LogP contribution in [0.25, 0.3) is 10.9 Å². The number of sulfonamides is 1. The van der Waals surface area contributed by atoms with E-state index in [9.17, 15) is 17.2 Å². The fourth-order valence-electron chi connectivity index (χ4n) is 3.25. The second-order valence-corrected chi connectivity index (χ2v) is 8.56. The van der Waals surface area contributed by atoms with Crippen molar-refractivity contribution in [2.45, 2.75) is 11.4 Å². The van der Waals surface area contributed by atoms with Crippen LogP contribution in [0.3, 0.4) is 0 Å². The van der Waals surface area contributed by atoms with Gasteiger partial charge in [-0.15, -0.1) is 0 Å². The lowest BCUT2D eigenvalue weighted by Crippen LogP contribution is -2.40. The van der Waals surface area contributed by atoms with Crippen LogP contribution >= 0.6 is 0 Å². The number of fused-ring (bicyclic) bond motifs is 1. The third-order valence-corrected chi connectivity index (χ3v) is 6.72. The molecule has 1 aromatic heterocycles. The van der Waals surface area contributed by atoms with Crippen LogP contribution in [0.5, 0.6) is 0 Å². The summed E-state index contributed by atoms with van der Waals surface area (Å²) in [6.45, 7) is 1.76. The SMILES string of the molecule is O=S(=O)(c1ccc(CNc2ccnc3c(F)ccc(F)c23)cc1)N1CCOCC1. The Labute approximate surface area is 167 Å². The first-order valence-electron chi connectivity index (χ1n) is 9.10. The molecule has 1 aliphatic rings. The maximum Gasteiger partial charge on any atom is 0.243 e. The molecule has 2 heterocycles. The number of morpholine rings is 1. The lowest BCUT2D eigenvalue weighted by molar-refractivity contribution is 0.0730. The van der Waals surface area contributed by atoms with Crippen LogP contribution in [0.1, 0.15) is 5.56 Å². The predicted molar refractivity (Wildman–Crippen MR) is 105 cm³/mol.